The molecule has 0 aliphatic heterocycles. The van der Waals surface area contributed by atoms with Gasteiger partial charge in [0.05, 0.1) is 0 Å². The SMILES string of the molecule is CCCc1ccc(NC(=O)CCNS(=O)(=O)c2cccnc2)cc1. The highest BCUT2D eigenvalue weighted by atomic mass is 32.2. The van der Waals surface area contributed by atoms with Gasteiger partial charge in [-0.25, -0.2) is 13.1 Å². The minimum Gasteiger partial charge on any atom is -0.326 e. The molecular formula is C17H21N3O3S. The number of hydrogen-bond acceptors (Lipinski definition) is 4. The van der Waals surface area contributed by atoms with Crippen LogP contribution in [-0.4, -0.2) is 25.9 Å². The second-order valence-electron chi connectivity index (χ2n) is 5.33. The van der Waals surface area contributed by atoms with Crippen molar-refractivity contribution < 1.29 is 13.2 Å². The third kappa shape index (κ3) is 5.43. The number of hydrogen-bond donors (Lipinski definition) is 2. The zero-order valence-corrected chi connectivity index (χ0v) is 14.3. The number of rotatable bonds is 8. The zero-order valence-electron chi connectivity index (χ0n) is 13.5. The van der Waals surface area contributed by atoms with Gasteiger partial charge >= 0.3 is 0 Å². The van der Waals surface area contributed by atoms with Crippen LogP contribution >= 0.6 is 0 Å². The molecule has 1 amide bonds. The van der Waals surface area contributed by atoms with Crippen molar-refractivity contribution >= 4 is 21.6 Å². The Bertz CT molecular complexity index is 759. The van der Waals surface area contributed by atoms with Crippen molar-refractivity contribution in [3.05, 3.63) is 54.4 Å². The Labute approximate surface area is 142 Å². The van der Waals surface area contributed by atoms with Crippen LogP contribution < -0.4 is 10.0 Å². The first-order chi connectivity index (χ1) is 11.5. The minimum atomic E-state index is -3.63. The number of pyridine rings is 1. The lowest BCUT2D eigenvalue weighted by atomic mass is 10.1. The van der Waals surface area contributed by atoms with Crippen LogP contribution in [0.1, 0.15) is 25.3 Å². The van der Waals surface area contributed by atoms with Crippen LogP contribution in [0.2, 0.25) is 0 Å². The largest absolute Gasteiger partial charge is 0.326 e. The second kappa shape index (κ2) is 8.56. The molecule has 0 aliphatic carbocycles. The van der Waals surface area contributed by atoms with Crippen LogP contribution in [-0.2, 0) is 21.2 Å². The maximum atomic E-state index is 12.0. The molecule has 2 rings (SSSR count). The molecule has 1 aromatic carbocycles. The van der Waals surface area contributed by atoms with Crippen molar-refractivity contribution in [2.24, 2.45) is 0 Å². The molecule has 0 spiro atoms. The monoisotopic (exact) mass is 347 g/mol. The summed E-state index contributed by atoms with van der Waals surface area (Å²) in [6.45, 7) is 2.14. The Morgan fingerprint density at radius 1 is 1.17 bits per heavy atom. The van der Waals surface area contributed by atoms with Gasteiger partial charge in [-0.05, 0) is 36.2 Å². The van der Waals surface area contributed by atoms with Gasteiger partial charge < -0.3 is 5.32 Å². The normalized spacial score (nSPS) is 11.2. The number of aryl methyl sites for hydroxylation is 1. The highest BCUT2D eigenvalue weighted by Gasteiger charge is 2.14. The molecule has 0 saturated heterocycles. The summed E-state index contributed by atoms with van der Waals surface area (Å²) in [6, 6.07) is 10.6. The highest BCUT2D eigenvalue weighted by molar-refractivity contribution is 7.89. The maximum absolute atomic E-state index is 12.0. The molecule has 7 heteroatoms. The van der Waals surface area contributed by atoms with E-state index in [0.717, 1.165) is 12.8 Å². The standard InChI is InChI=1S/C17H21N3O3S/c1-2-4-14-6-8-15(9-7-14)20-17(21)10-12-19-24(22,23)16-5-3-11-18-13-16/h3,5-9,11,13,19H,2,4,10,12H2,1H3,(H,20,21). The first kappa shape index (κ1) is 18.1. The number of benzene rings is 1. The molecule has 0 atom stereocenters. The predicted octanol–water partition coefficient (Wildman–Crippen LogP) is 2.34. The van der Waals surface area contributed by atoms with E-state index in [9.17, 15) is 13.2 Å². The molecule has 1 aromatic heterocycles. The van der Waals surface area contributed by atoms with E-state index in [-0.39, 0.29) is 23.8 Å². The quantitative estimate of drug-likeness (QED) is 0.767. The van der Waals surface area contributed by atoms with E-state index in [2.05, 4.69) is 21.9 Å². The third-order valence-electron chi connectivity index (χ3n) is 3.37. The van der Waals surface area contributed by atoms with Crippen molar-refractivity contribution in [2.75, 3.05) is 11.9 Å². The first-order valence-corrected chi connectivity index (χ1v) is 9.28. The summed E-state index contributed by atoms with van der Waals surface area (Å²) in [5.74, 6) is -0.243. The van der Waals surface area contributed by atoms with E-state index in [1.54, 1.807) is 6.07 Å². The minimum absolute atomic E-state index is 0.0248. The highest BCUT2D eigenvalue weighted by Crippen LogP contribution is 2.11. The van der Waals surface area contributed by atoms with Crippen LogP contribution in [0, 0.1) is 0 Å². The fourth-order valence-electron chi connectivity index (χ4n) is 2.16. The molecule has 0 fully saturated rings. The summed E-state index contributed by atoms with van der Waals surface area (Å²) in [6.07, 6.45) is 4.89. The summed E-state index contributed by atoms with van der Waals surface area (Å²) in [4.78, 5) is 15.7. The Morgan fingerprint density at radius 3 is 2.54 bits per heavy atom. The second-order valence-corrected chi connectivity index (χ2v) is 7.10. The van der Waals surface area contributed by atoms with Crippen molar-refractivity contribution in [1.82, 2.24) is 9.71 Å². The van der Waals surface area contributed by atoms with E-state index in [1.165, 1.54) is 24.0 Å². The number of nitrogens with zero attached hydrogens (tertiary/aromatic N) is 1. The first-order valence-electron chi connectivity index (χ1n) is 7.80. The Morgan fingerprint density at radius 2 is 1.92 bits per heavy atom. The lowest BCUT2D eigenvalue weighted by Crippen LogP contribution is -2.27. The molecule has 0 unspecified atom stereocenters. The van der Waals surface area contributed by atoms with E-state index in [4.69, 9.17) is 0 Å². The molecule has 0 bridgehead atoms. The molecule has 0 saturated carbocycles. The molecule has 6 nitrogen and oxygen atoms in total. The van der Waals surface area contributed by atoms with E-state index in [1.807, 2.05) is 24.3 Å². The van der Waals surface area contributed by atoms with Crippen LogP contribution in [0.25, 0.3) is 0 Å². The van der Waals surface area contributed by atoms with Crippen molar-refractivity contribution in [2.45, 2.75) is 31.1 Å². The number of anilines is 1. The van der Waals surface area contributed by atoms with Crippen LogP contribution in [0.5, 0.6) is 0 Å². The van der Waals surface area contributed by atoms with Crippen molar-refractivity contribution in [3.63, 3.8) is 0 Å². The number of carbonyl (C=O) groups excluding carboxylic acids is 1. The fraction of sp³-hybridized carbons (Fsp3) is 0.294. The number of nitrogens with one attached hydrogen (secondary N) is 2. The molecular weight excluding hydrogens is 326 g/mol. The van der Waals surface area contributed by atoms with Crippen molar-refractivity contribution in [1.29, 1.82) is 0 Å². The van der Waals surface area contributed by atoms with Gasteiger partial charge in [-0.3, -0.25) is 9.78 Å². The van der Waals surface area contributed by atoms with Crippen LogP contribution in [0.4, 0.5) is 5.69 Å². The lowest BCUT2D eigenvalue weighted by Gasteiger charge is -2.08. The summed E-state index contributed by atoms with van der Waals surface area (Å²) >= 11 is 0. The summed E-state index contributed by atoms with van der Waals surface area (Å²) in [7, 11) is -3.63. The van der Waals surface area contributed by atoms with Crippen molar-refractivity contribution in [3.8, 4) is 0 Å². The van der Waals surface area contributed by atoms with Gasteiger partial charge in [0, 0.05) is 31.0 Å². The van der Waals surface area contributed by atoms with Gasteiger partial charge in [0.2, 0.25) is 15.9 Å². The Hall–Kier alpha value is -2.25. The lowest BCUT2D eigenvalue weighted by molar-refractivity contribution is -0.116. The maximum Gasteiger partial charge on any atom is 0.242 e. The molecule has 2 aromatic rings. The number of amides is 1. The average molecular weight is 347 g/mol. The van der Waals surface area contributed by atoms with E-state index in [0.29, 0.717) is 5.69 Å². The summed E-state index contributed by atoms with van der Waals surface area (Å²) in [5.41, 5.74) is 1.93. The van der Waals surface area contributed by atoms with Gasteiger partial charge in [0.25, 0.3) is 0 Å². The van der Waals surface area contributed by atoms with Gasteiger partial charge in [-0.2, -0.15) is 0 Å². The third-order valence-corrected chi connectivity index (χ3v) is 4.81. The fourth-order valence-corrected chi connectivity index (χ4v) is 3.15. The Kier molecular flexibility index (Phi) is 6.45. The summed E-state index contributed by atoms with van der Waals surface area (Å²) < 4.78 is 26.4. The predicted molar refractivity (Wildman–Crippen MR) is 93.1 cm³/mol. The molecule has 24 heavy (non-hydrogen) atoms. The van der Waals surface area contributed by atoms with Gasteiger partial charge in [-0.15, -0.1) is 0 Å². The molecule has 2 N–H and O–H groups in total. The van der Waals surface area contributed by atoms with E-state index < -0.39 is 10.0 Å². The molecule has 0 aliphatic rings. The number of aromatic nitrogens is 1. The number of carbonyl (C=O) groups is 1. The Balaban J connectivity index is 1.81. The van der Waals surface area contributed by atoms with Crippen LogP contribution in [0.3, 0.4) is 0 Å². The van der Waals surface area contributed by atoms with Crippen LogP contribution in [0.15, 0.2) is 53.7 Å². The summed E-state index contributed by atoms with van der Waals surface area (Å²) in [5, 5.41) is 2.75. The molecule has 1 heterocycles. The average Bonchev–Trinajstić information content (AvgIpc) is 2.57. The smallest absolute Gasteiger partial charge is 0.242 e. The van der Waals surface area contributed by atoms with Gasteiger partial charge in [-0.1, -0.05) is 25.5 Å². The molecule has 0 radical (unpaired) electrons. The topological polar surface area (TPSA) is 88.2 Å². The van der Waals surface area contributed by atoms with E-state index >= 15 is 0 Å². The van der Waals surface area contributed by atoms with Gasteiger partial charge in [0.15, 0.2) is 0 Å². The van der Waals surface area contributed by atoms with Gasteiger partial charge in [0.1, 0.15) is 4.90 Å². The zero-order chi connectivity index (χ0) is 17.4. The number of sulfonamides is 1. The molecule has 128 valence electrons.